The van der Waals surface area contributed by atoms with E-state index in [0.717, 1.165) is 38.5 Å². The highest BCUT2D eigenvalue weighted by molar-refractivity contribution is 5.96. The first kappa shape index (κ1) is 66.7. The van der Waals surface area contributed by atoms with Crippen LogP contribution >= 0.6 is 0 Å². The van der Waals surface area contributed by atoms with Gasteiger partial charge in [0.2, 0.25) is 5.91 Å². The second-order valence-corrected chi connectivity index (χ2v) is 26.9. The lowest BCUT2D eigenvalue weighted by atomic mass is 9.43. The van der Waals surface area contributed by atoms with Crippen LogP contribution in [0.5, 0.6) is 0 Å². The van der Waals surface area contributed by atoms with Gasteiger partial charge in [0.05, 0.1) is 32.0 Å². The van der Waals surface area contributed by atoms with Gasteiger partial charge < -0.3 is 114 Å². The molecule has 0 aromatic carbocycles. The minimum absolute atomic E-state index is 0.0114. The normalized spacial score (nSPS) is 49.7. The third-order valence-corrected chi connectivity index (χ3v) is 22.0. The van der Waals surface area contributed by atoms with Crippen LogP contribution in [-0.2, 0) is 52.2 Å². The molecule has 0 spiro atoms. The molecule has 2 saturated carbocycles. The summed E-state index contributed by atoms with van der Waals surface area (Å²) in [5.41, 5.74) is 1.57. The van der Waals surface area contributed by atoms with Crippen molar-refractivity contribution in [3.05, 3.63) is 34.9 Å². The van der Waals surface area contributed by atoms with Crippen LogP contribution in [0, 0.1) is 45.3 Å². The minimum atomic E-state index is -1.96. The molecular weight excluding hydrogens is 1120 g/mol. The smallest absolute Gasteiger partial charge is 0.329 e. The molecule has 14 N–H and O–H groups in total. The van der Waals surface area contributed by atoms with Gasteiger partial charge in [0.1, 0.15) is 104 Å². The molecular formula is C60H95NO24. The van der Waals surface area contributed by atoms with Gasteiger partial charge in [-0.2, -0.15) is 0 Å². The molecule has 0 bridgehead atoms. The standard InChI is InChI=1S/C60H95NO24/c1-25(11-10-12-26(2)51(75)61-38-27(3)28(4)77-52(38)76)30-15-19-59(9)32-13-14-36-57(6,7)37(17-18-58(36,8)31(32)16-20-60(30,59)24-65)82-55-50(47(74)48(35(23-64)81-55)83-54-46(73)43(70)40(67)33(21-62)79-54)85-56-49(44(71)41(68)34(22-63)80-56)84-53-45(72)42(69)39(66)29(5)78-53/h10-12,25,27-30,33-50,53-56,62-74H,13-24H2,1-9H3,(H,61,75)/b11-10+,26-12+/t25-,27+,28-,29+,30-,33-,34-,35-,36+,37+,38+,39+,40-,41-,42-,43+,44+,45-,46-,47+,48-,49-,50-,53+,54+,55+,56+,58-,59+,60+/m1/s1. The monoisotopic (exact) mass is 1210 g/mol. The van der Waals surface area contributed by atoms with Crippen molar-refractivity contribution in [2.45, 2.75) is 255 Å². The van der Waals surface area contributed by atoms with Crippen LogP contribution in [0.2, 0.25) is 0 Å². The van der Waals surface area contributed by atoms with Gasteiger partial charge in [0.25, 0.3) is 0 Å². The first-order valence-corrected chi connectivity index (χ1v) is 30.4. The lowest BCUT2D eigenvalue weighted by Crippen LogP contribution is -2.68. The number of cyclic esters (lactones) is 1. The number of ether oxygens (including phenoxy) is 9. The van der Waals surface area contributed by atoms with Crippen molar-refractivity contribution in [2.24, 2.45) is 45.3 Å². The molecule has 5 aliphatic heterocycles. The number of hydrogen-bond donors (Lipinski definition) is 14. The highest BCUT2D eigenvalue weighted by Crippen LogP contribution is 2.72. The zero-order valence-electron chi connectivity index (χ0n) is 50.1. The van der Waals surface area contributed by atoms with Gasteiger partial charge in [-0.1, -0.05) is 70.9 Å². The van der Waals surface area contributed by atoms with Crippen molar-refractivity contribution < 1.29 is 119 Å². The fourth-order valence-corrected chi connectivity index (χ4v) is 16.5. The maximum Gasteiger partial charge on any atom is 0.329 e. The number of amides is 1. The summed E-state index contributed by atoms with van der Waals surface area (Å²) in [4.78, 5) is 25.5. The largest absolute Gasteiger partial charge is 0.461 e. The summed E-state index contributed by atoms with van der Waals surface area (Å²) in [5, 5.41) is 145. The van der Waals surface area contributed by atoms with Gasteiger partial charge in [-0.25, -0.2) is 4.79 Å². The number of aliphatic hydroxyl groups excluding tert-OH is 13. The molecule has 30 atom stereocenters. The van der Waals surface area contributed by atoms with E-state index >= 15 is 0 Å². The molecule has 0 aromatic rings. The maximum atomic E-state index is 13.1. The number of carbonyl (C=O) groups is 2. The van der Waals surface area contributed by atoms with Crippen molar-refractivity contribution in [2.75, 3.05) is 26.4 Å². The van der Waals surface area contributed by atoms with E-state index in [-0.39, 0.29) is 53.1 Å². The van der Waals surface area contributed by atoms with Crippen molar-refractivity contribution in [1.82, 2.24) is 5.32 Å². The molecule has 25 nitrogen and oxygen atoms in total. The van der Waals surface area contributed by atoms with Crippen LogP contribution in [0.3, 0.4) is 0 Å². The van der Waals surface area contributed by atoms with Crippen LogP contribution in [0.25, 0.3) is 0 Å². The number of hydrogen-bond acceptors (Lipinski definition) is 24. The molecule has 0 unspecified atom stereocenters. The fraction of sp³-hybridized carbons (Fsp3) is 0.867. The second kappa shape index (κ2) is 25.9. The molecule has 1 amide bonds. The number of nitrogens with one attached hydrogen (secondary N) is 1. The molecule has 4 aliphatic carbocycles. The van der Waals surface area contributed by atoms with Crippen LogP contribution < -0.4 is 5.32 Å². The van der Waals surface area contributed by atoms with E-state index in [0.29, 0.717) is 18.4 Å². The Morgan fingerprint density at radius 1 is 0.624 bits per heavy atom. The van der Waals surface area contributed by atoms with E-state index in [1.165, 1.54) is 18.1 Å². The quantitative estimate of drug-likeness (QED) is 0.0345. The molecule has 85 heavy (non-hydrogen) atoms. The van der Waals surface area contributed by atoms with Gasteiger partial charge in [-0.05, 0) is 106 Å². The zero-order chi connectivity index (χ0) is 62.2. The lowest BCUT2D eigenvalue weighted by Gasteiger charge is -2.63. The van der Waals surface area contributed by atoms with E-state index in [4.69, 9.17) is 42.6 Å². The third kappa shape index (κ3) is 11.8. The maximum absolute atomic E-state index is 13.1. The van der Waals surface area contributed by atoms with Crippen molar-refractivity contribution >= 4 is 11.9 Å². The third-order valence-electron chi connectivity index (χ3n) is 22.0. The minimum Gasteiger partial charge on any atom is -0.461 e. The summed E-state index contributed by atoms with van der Waals surface area (Å²) in [6.45, 7) is 15.3. The molecule has 0 radical (unpaired) electrons. The van der Waals surface area contributed by atoms with Gasteiger partial charge in [0, 0.05) is 23.5 Å². The van der Waals surface area contributed by atoms with Crippen LogP contribution in [-0.4, -0.2) is 246 Å². The van der Waals surface area contributed by atoms with Crippen molar-refractivity contribution in [3.63, 3.8) is 0 Å². The number of fused-ring (bicyclic) bond motifs is 4. The molecule has 5 heterocycles. The van der Waals surface area contributed by atoms with Crippen LogP contribution in [0.15, 0.2) is 34.9 Å². The zero-order valence-corrected chi connectivity index (χ0v) is 50.1. The molecule has 5 saturated heterocycles. The Kier molecular flexibility index (Phi) is 20.3. The molecule has 9 rings (SSSR count). The highest BCUT2D eigenvalue weighted by atomic mass is 16.8. The van der Waals surface area contributed by atoms with E-state index in [1.54, 1.807) is 19.9 Å². The van der Waals surface area contributed by atoms with Gasteiger partial charge in [-0.3, -0.25) is 4.79 Å². The predicted octanol–water partition coefficient (Wildman–Crippen LogP) is -1.40. The second-order valence-electron chi connectivity index (χ2n) is 26.9. The van der Waals surface area contributed by atoms with Crippen molar-refractivity contribution in [3.8, 4) is 0 Å². The van der Waals surface area contributed by atoms with E-state index in [2.05, 4.69) is 46.0 Å². The number of aliphatic hydroxyl groups is 13. The van der Waals surface area contributed by atoms with Gasteiger partial charge >= 0.3 is 5.97 Å². The summed E-state index contributed by atoms with van der Waals surface area (Å²) in [6, 6.07) is -0.710. The van der Waals surface area contributed by atoms with E-state index in [9.17, 15) is 76.0 Å². The van der Waals surface area contributed by atoms with Crippen LogP contribution in [0.1, 0.15) is 114 Å². The van der Waals surface area contributed by atoms with Gasteiger partial charge in [-0.15, -0.1) is 0 Å². The Labute approximate surface area is 495 Å². The Bertz CT molecular complexity index is 2440. The summed E-state index contributed by atoms with van der Waals surface area (Å²) >= 11 is 0. The first-order chi connectivity index (χ1) is 40.0. The molecule has 7 fully saturated rings. The average molecular weight is 1210 g/mol. The van der Waals surface area contributed by atoms with E-state index in [1.807, 2.05) is 13.0 Å². The predicted molar refractivity (Wildman–Crippen MR) is 294 cm³/mol. The Morgan fingerprint density at radius 3 is 1.81 bits per heavy atom. The molecule has 484 valence electrons. The highest BCUT2D eigenvalue weighted by Gasteiger charge is 2.66. The Balaban J connectivity index is 0.968. The first-order valence-electron chi connectivity index (χ1n) is 30.4. The van der Waals surface area contributed by atoms with E-state index < -0.39 is 172 Å². The molecule has 25 heteroatoms. The lowest BCUT2D eigenvalue weighted by molar-refractivity contribution is -0.406. The van der Waals surface area contributed by atoms with Gasteiger partial charge in [0.15, 0.2) is 25.2 Å². The summed E-state index contributed by atoms with van der Waals surface area (Å²) < 4.78 is 54.7. The number of allylic oxidation sites excluding steroid dienone is 5. The van der Waals surface area contributed by atoms with Crippen LogP contribution in [0.4, 0.5) is 0 Å². The number of esters is 1. The topological polar surface area (TPSA) is 392 Å². The summed E-state index contributed by atoms with van der Waals surface area (Å²) in [5.74, 6) is -0.719. The Morgan fingerprint density at radius 2 is 1.19 bits per heavy atom. The molecule has 9 aliphatic rings. The summed E-state index contributed by atoms with van der Waals surface area (Å²) in [7, 11) is 0. The number of rotatable bonds is 17. The fourth-order valence-electron chi connectivity index (χ4n) is 16.5. The SMILES string of the molecule is C/C(=C\C=C\[C@@H](C)[C@H]1CC[C@@]2(C)C3=C(CC[C@]12CO)[C@@]1(C)CC[C@H](O[C@@H]2O[C@H](CO)[C@@H](O[C@@H]4O[C@H](CO)[C@@H](O)[C@H](O)[C@H]4O)[C@H](O)[C@H]2O[C@@H]2O[C@H](CO)[C@@H](O)[C@H](O)[C@H]2O[C@@H]2O[C@@H](C)[C@H](O)[C@@H](O)[C@H]2O)C(C)(C)[C@@H]1CC3)C(=O)N[C@@H]1C(=O)O[C@H](C)[C@@H]1C. The number of carbonyl (C=O) groups excluding carboxylic acids is 2. The van der Waals surface area contributed by atoms with Crippen molar-refractivity contribution in [1.29, 1.82) is 0 Å². The Hall–Kier alpha value is -2.68. The average Bonchev–Trinajstić information content (AvgIpc) is 1.70. The molecule has 0 aromatic heterocycles. The summed E-state index contributed by atoms with van der Waals surface area (Å²) in [6.07, 6.45) is -23.7.